The summed E-state index contributed by atoms with van der Waals surface area (Å²) in [7, 11) is 1.27. The van der Waals surface area contributed by atoms with E-state index in [1.54, 1.807) is 30.4 Å². The summed E-state index contributed by atoms with van der Waals surface area (Å²) in [5, 5.41) is 2.87. The number of hydrogen-bond donors (Lipinski definition) is 0. The number of esters is 2. The number of nitrogens with zero attached hydrogens (tertiary/aromatic N) is 1. The minimum atomic E-state index is -0.876. The van der Waals surface area contributed by atoms with Gasteiger partial charge in [-0.15, -0.1) is 11.3 Å². The number of benzene rings is 1. The van der Waals surface area contributed by atoms with Crippen molar-refractivity contribution in [3.05, 3.63) is 40.9 Å². The topological polar surface area (TPSA) is 65.5 Å². The quantitative estimate of drug-likeness (QED) is 0.792. The summed E-state index contributed by atoms with van der Waals surface area (Å²) in [6, 6.07) is 6.96. The summed E-state index contributed by atoms with van der Waals surface area (Å²) < 4.78 is 9.76. The van der Waals surface area contributed by atoms with Gasteiger partial charge >= 0.3 is 11.9 Å². The van der Waals surface area contributed by atoms with Crippen LogP contribution in [0.15, 0.2) is 29.6 Å². The van der Waals surface area contributed by atoms with Gasteiger partial charge in [0.2, 0.25) is 0 Å². The molecule has 0 unspecified atom stereocenters. The zero-order valence-corrected chi connectivity index (χ0v) is 13.5. The molecule has 0 aliphatic rings. The molecule has 0 bridgehead atoms. The maximum atomic E-state index is 12.0. The van der Waals surface area contributed by atoms with Crippen LogP contribution in [0.2, 0.25) is 0 Å². The smallest absolute Gasteiger partial charge is 0.347 e. The summed E-state index contributed by atoms with van der Waals surface area (Å²) in [6.07, 6.45) is -0.506. The molecular formula is C16H17NO4S. The van der Waals surface area contributed by atoms with Crippen molar-refractivity contribution in [1.82, 2.24) is 4.98 Å². The largest absolute Gasteiger partial charge is 0.466 e. The molecule has 0 aliphatic carbocycles. The number of rotatable bonds is 5. The summed E-state index contributed by atoms with van der Waals surface area (Å²) >= 11 is 1.55. The fourth-order valence-corrected chi connectivity index (χ4v) is 2.67. The van der Waals surface area contributed by atoms with E-state index in [1.165, 1.54) is 7.11 Å². The predicted molar refractivity (Wildman–Crippen MR) is 83.8 cm³/mol. The summed E-state index contributed by atoms with van der Waals surface area (Å²) in [4.78, 5) is 27.9. The molecule has 1 atom stereocenters. The third-order valence-electron chi connectivity index (χ3n) is 3.07. The Morgan fingerprint density at radius 3 is 2.45 bits per heavy atom. The van der Waals surface area contributed by atoms with E-state index >= 15 is 0 Å². The molecule has 0 saturated heterocycles. The second kappa shape index (κ2) is 7.17. The van der Waals surface area contributed by atoms with E-state index in [4.69, 9.17) is 4.74 Å². The lowest BCUT2D eigenvalue weighted by Crippen LogP contribution is -2.27. The second-order valence-corrected chi connectivity index (χ2v) is 5.55. The van der Waals surface area contributed by atoms with Gasteiger partial charge < -0.3 is 9.47 Å². The monoisotopic (exact) mass is 319 g/mol. The lowest BCUT2D eigenvalue weighted by molar-refractivity contribution is -0.151. The van der Waals surface area contributed by atoms with Crippen LogP contribution in [0, 0.1) is 6.92 Å². The molecule has 2 aromatic rings. The molecule has 2 rings (SSSR count). The van der Waals surface area contributed by atoms with E-state index in [1.807, 2.05) is 24.4 Å². The lowest BCUT2D eigenvalue weighted by Gasteiger charge is -2.13. The van der Waals surface area contributed by atoms with Crippen molar-refractivity contribution < 1.29 is 19.1 Å². The number of carbonyl (C=O) groups excluding carboxylic acids is 2. The van der Waals surface area contributed by atoms with Gasteiger partial charge in [-0.2, -0.15) is 0 Å². The van der Waals surface area contributed by atoms with Gasteiger partial charge in [0, 0.05) is 16.6 Å². The Morgan fingerprint density at radius 2 is 1.95 bits per heavy atom. The van der Waals surface area contributed by atoms with Gasteiger partial charge in [-0.3, -0.25) is 0 Å². The number of aryl methyl sites for hydroxylation is 1. The molecule has 0 radical (unpaired) electrons. The number of methoxy groups -OCH3 is 1. The van der Waals surface area contributed by atoms with Crippen molar-refractivity contribution in [3.63, 3.8) is 0 Å². The normalized spacial score (nSPS) is 11.8. The maximum Gasteiger partial charge on any atom is 0.347 e. The minimum Gasteiger partial charge on any atom is -0.466 e. The molecule has 1 aromatic carbocycles. The van der Waals surface area contributed by atoms with Crippen LogP contribution in [-0.2, 0) is 14.3 Å². The Balaban J connectivity index is 2.09. The third-order valence-corrected chi connectivity index (χ3v) is 4.08. The first-order valence-corrected chi connectivity index (χ1v) is 7.74. The van der Waals surface area contributed by atoms with Crippen LogP contribution < -0.4 is 0 Å². The van der Waals surface area contributed by atoms with Crippen LogP contribution in [0.25, 0.3) is 10.6 Å². The highest BCUT2D eigenvalue weighted by Gasteiger charge is 2.22. The molecule has 0 spiro atoms. The number of hydrogen-bond acceptors (Lipinski definition) is 6. The molecule has 22 heavy (non-hydrogen) atoms. The van der Waals surface area contributed by atoms with Crippen LogP contribution in [0.4, 0.5) is 0 Å². The summed E-state index contributed by atoms with van der Waals surface area (Å²) in [5.74, 6) is -1.09. The Morgan fingerprint density at radius 1 is 1.27 bits per heavy atom. The van der Waals surface area contributed by atoms with Crippen LogP contribution in [0.3, 0.4) is 0 Å². The van der Waals surface area contributed by atoms with E-state index in [2.05, 4.69) is 9.72 Å². The third kappa shape index (κ3) is 3.71. The van der Waals surface area contributed by atoms with E-state index in [0.29, 0.717) is 12.0 Å². The fraction of sp³-hybridized carbons (Fsp3) is 0.312. The fourth-order valence-electron chi connectivity index (χ4n) is 1.86. The van der Waals surface area contributed by atoms with Gasteiger partial charge in [-0.1, -0.05) is 19.1 Å². The van der Waals surface area contributed by atoms with Gasteiger partial charge in [0.05, 0.1) is 12.7 Å². The maximum absolute atomic E-state index is 12.0. The van der Waals surface area contributed by atoms with E-state index in [9.17, 15) is 9.59 Å². The number of thiazole rings is 1. The first-order valence-electron chi connectivity index (χ1n) is 6.86. The molecule has 1 aromatic heterocycles. The van der Waals surface area contributed by atoms with Gasteiger partial charge in [0.1, 0.15) is 5.01 Å². The van der Waals surface area contributed by atoms with Crippen LogP contribution >= 0.6 is 11.3 Å². The van der Waals surface area contributed by atoms with Crippen molar-refractivity contribution in [2.24, 2.45) is 0 Å². The van der Waals surface area contributed by atoms with Crippen LogP contribution in [0.5, 0.6) is 0 Å². The molecule has 116 valence electrons. The molecule has 0 fully saturated rings. The summed E-state index contributed by atoms with van der Waals surface area (Å²) in [6.45, 7) is 3.69. The van der Waals surface area contributed by atoms with Gasteiger partial charge in [-0.25, -0.2) is 14.6 Å². The molecule has 1 heterocycles. The van der Waals surface area contributed by atoms with E-state index in [0.717, 1.165) is 16.3 Å². The van der Waals surface area contributed by atoms with Gasteiger partial charge in [0.15, 0.2) is 6.10 Å². The molecule has 0 amide bonds. The molecule has 5 nitrogen and oxygen atoms in total. The van der Waals surface area contributed by atoms with Crippen LogP contribution in [0.1, 0.15) is 29.4 Å². The van der Waals surface area contributed by atoms with Crippen LogP contribution in [-0.4, -0.2) is 30.1 Å². The Hall–Kier alpha value is -2.21. The highest BCUT2D eigenvalue weighted by molar-refractivity contribution is 7.13. The molecule has 0 saturated carbocycles. The van der Waals surface area contributed by atoms with E-state index < -0.39 is 18.0 Å². The number of carbonyl (C=O) groups is 2. The summed E-state index contributed by atoms with van der Waals surface area (Å²) in [5.41, 5.74) is 2.29. The minimum absolute atomic E-state index is 0.370. The first kappa shape index (κ1) is 16.2. The standard InChI is InChI=1S/C16H17NO4S/c1-4-13(16(19)20-3)21-15(18)12-7-5-11(6-8-12)14-17-10(2)9-22-14/h5-9,13H,4H2,1-3H3/t13-/m0/s1. The Labute approximate surface area is 132 Å². The Kier molecular flexibility index (Phi) is 5.27. The molecule has 0 N–H and O–H groups in total. The van der Waals surface area contributed by atoms with Crippen molar-refractivity contribution in [1.29, 1.82) is 0 Å². The Bertz CT molecular complexity index is 663. The average molecular weight is 319 g/mol. The molecule has 6 heteroatoms. The lowest BCUT2D eigenvalue weighted by atomic mass is 10.1. The molecule has 0 aliphatic heterocycles. The molecular weight excluding hydrogens is 302 g/mol. The van der Waals surface area contributed by atoms with Crippen molar-refractivity contribution in [2.75, 3.05) is 7.11 Å². The van der Waals surface area contributed by atoms with Crippen molar-refractivity contribution in [3.8, 4) is 10.6 Å². The zero-order chi connectivity index (χ0) is 16.1. The number of ether oxygens (including phenoxy) is 2. The highest BCUT2D eigenvalue weighted by atomic mass is 32.1. The zero-order valence-electron chi connectivity index (χ0n) is 12.7. The average Bonchev–Trinajstić information content (AvgIpc) is 2.98. The number of aromatic nitrogens is 1. The predicted octanol–water partition coefficient (Wildman–Crippen LogP) is 3.23. The highest BCUT2D eigenvalue weighted by Crippen LogP contribution is 2.24. The van der Waals surface area contributed by atoms with E-state index in [-0.39, 0.29) is 0 Å². The van der Waals surface area contributed by atoms with Gasteiger partial charge in [-0.05, 0) is 25.5 Å². The van der Waals surface area contributed by atoms with Crippen molar-refractivity contribution in [2.45, 2.75) is 26.4 Å². The first-order chi connectivity index (χ1) is 10.5. The SMILES string of the molecule is CC[C@H](OC(=O)c1ccc(-c2nc(C)cs2)cc1)C(=O)OC. The van der Waals surface area contributed by atoms with Gasteiger partial charge in [0.25, 0.3) is 0 Å². The second-order valence-electron chi connectivity index (χ2n) is 4.70. The van der Waals surface area contributed by atoms with Crippen molar-refractivity contribution >= 4 is 23.3 Å².